The first-order valence-electron chi connectivity index (χ1n) is 4.25. The van der Waals surface area contributed by atoms with Crippen molar-refractivity contribution in [3.8, 4) is 0 Å². The van der Waals surface area contributed by atoms with E-state index in [4.69, 9.17) is 11.6 Å². The first kappa shape index (κ1) is 10.1. The van der Waals surface area contributed by atoms with Crippen LogP contribution in [0.3, 0.4) is 0 Å². The molecule has 0 aliphatic heterocycles. The summed E-state index contributed by atoms with van der Waals surface area (Å²) in [5, 5.41) is 3.41. The van der Waals surface area contributed by atoms with Crippen LogP contribution in [0.5, 0.6) is 0 Å². The molecule has 0 spiro atoms. The molecule has 2 nitrogen and oxygen atoms in total. The summed E-state index contributed by atoms with van der Waals surface area (Å²) in [5.41, 5.74) is 1.14. The number of hydrogen-bond acceptors (Lipinski definition) is 1. The van der Waals surface area contributed by atoms with Crippen LogP contribution in [0.4, 0.5) is 0 Å². The second kappa shape index (κ2) is 5.60. The number of benzene rings is 1. The zero-order valence-corrected chi connectivity index (χ0v) is 8.05. The molecule has 0 bridgehead atoms. The molecule has 13 heavy (non-hydrogen) atoms. The molecule has 0 aliphatic carbocycles. The molecule has 0 fully saturated rings. The Morgan fingerprint density at radius 1 is 1.38 bits per heavy atom. The molecule has 0 saturated carbocycles. The maximum absolute atomic E-state index is 9.95. The van der Waals surface area contributed by atoms with E-state index in [-0.39, 0.29) is 0 Å². The van der Waals surface area contributed by atoms with Crippen LogP contribution >= 0.6 is 11.6 Å². The summed E-state index contributed by atoms with van der Waals surface area (Å²) in [4.78, 5) is 9.95. The van der Waals surface area contributed by atoms with Gasteiger partial charge in [-0.25, -0.2) is 0 Å². The van der Waals surface area contributed by atoms with E-state index in [9.17, 15) is 4.79 Å². The standard InChI is InChI=1S/C10H12ClNO/c11-10-6-2-1-4-9(10)5-3-7-12-8-13/h1-2,4,6,8H,3,5,7H2,(H,12,13). The van der Waals surface area contributed by atoms with Crippen molar-refractivity contribution in [2.75, 3.05) is 6.54 Å². The predicted molar refractivity (Wildman–Crippen MR) is 53.8 cm³/mol. The zero-order valence-electron chi connectivity index (χ0n) is 7.29. The van der Waals surface area contributed by atoms with Gasteiger partial charge >= 0.3 is 0 Å². The molecule has 1 aromatic rings. The van der Waals surface area contributed by atoms with Crippen LogP contribution in [0.2, 0.25) is 5.02 Å². The summed E-state index contributed by atoms with van der Waals surface area (Å²) < 4.78 is 0. The molecule has 3 heteroatoms. The molecule has 0 aromatic heterocycles. The number of carbonyl (C=O) groups excluding carboxylic acids is 1. The van der Waals surface area contributed by atoms with Gasteiger partial charge in [-0.1, -0.05) is 29.8 Å². The highest BCUT2D eigenvalue weighted by Crippen LogP contribution is 2.15. The smallest absolute Gasteiger partial charge is 0.207 e. The Kier molecular flexibility index (Phi) is 4.33. The van der Waals surface area contributed by atoms with Gasteiger partial charge in [0.2, 0.25) is 6.41 Å². The summed E-state index contributed by atoms with van der Waals surface area (Å²) in [6.45, 7) is 0.703. The third-order valence-corrected chi connectivity index (χ3v) is 2.18. The fourth-order valence-electron chi connectivity index (χ4n) is 1.14. The highest BCUT2D eigenvalue weighted by molar-refractivity contribution is 6.31. The molecule has 1 rings (SSSR count). The van der Waals surface area contributed by atoms with Crippen LogP contribution in [-0.2, 0) is 11.2 Å². The molecule has 1 N–H and O–H groups in total. The van der Waals surface area contributed by atoms with E-state index in [0.29, 0.717) is 13.0 Å². The van der Waals surface area contributed by atoms with Crippen LogP contribution in [-0.4, -0.2) is 13.0 Å². The summed E-state index contributed by atoms with van der Waals surface area (Å²) in [6, 6.07) is 7.76. The van der Waals surface area contributed by atoms with Gasteiger partial charge in [0.05, 0.1) is 0 Å². The second-order valence-corrected chi connectivity index (χ2v) is 3.17. The fourth-order valence-corrected chi connectivity index (χ4v) is 1.37. The molecule has 1 aromatic carbocycles. The van der Waals surface area contributed by atoms with E-state index in [2.05, 4.69) is 5.32 Å². The van der Waals surface area contributed by atoms with Gasteiger partial charge in [0.25, 0.3) is 0 Å². The van der Waals surface area contributed by atoms with Crippen LogP contribution < -0.4 is 5.32 Å². The van der Waals surface area contributed by atoms with E-state index in [1.54, 1.807) is 0 Å². The quantitative estimate of drug-likeness (QED) is 0.568. The maximum atomic E-state index is 9.95. The van der Waals surface area contributed by atoms with Crippen LogP contribution in [0.15, 0.2) is 24.3 Å². The van der Waals surface area contributed by atoms with Crippen LogP contribution in [0, 0.1) is 0 Å². The first-order valence-corrected chi connectivity index (χ1v) is 4.63. The number of amides is 1. The third-order valence-electron chi connectivity index (χ3n) is 1.81. The van der Waals surface area contributed by atoms with Gasteiger partial charge in [-0.3, -0.25) is 4.79 Å². The third kappa shape index (κ3) is 3.47. The maximum Gasteiger partial charge on any atom is 0.207 e. The minimum atomic E-state index is 0.703. The van der Waals surface area contributed by atoms with E-state index in [1.165, 1.54) is 0 Å². The number of nitrogens with one attached hydrogen (secondary N) is 1. The normalized spacial score (nSPS) is 9.62. The van der Waals surface area contributed by atoms with E-state index in [0.717, 1.165) is 23.4 Å². The lowest BCUT2D eigenvalue weighted by molar-refractivity contribution is -0.109. The SMILES string of the molecule is O=CNCCCc1ccccc1Cl. The van der Waals surface area contributed by atoms with Gasteiger partial charge < -0.3 is 5.32 Å². The Morgan fingerprint density at radius 2 is 2.15 bits per heavy atom. The molecule has 1 amide bonds. The average Bonchev–Trinajstić information content (AvgIpc) is 2.15. The van der Waals surface area contributed by atoms with Crippen molar-refractivity contribution in [3.63, 3.8) is 0 Å². The minimum Gasteiger partial charge on any atom is -0.359 e. The van der Waals surface area contributed by atoms with E-state index < -0.39 is 0 Å². The summed E-state index contributed by atoms with van der Waals surface area (Å²) in [7, 11) is 0. The minimum absolute atomic E-state index is 0.703. The highest BCUT2D eigenvalue weighted by atomic mass is 35.5. The number of carbonyl (C=O) groups is 1. The summed E-state index contributed by atoms with van der Waals surface area (Å²) >= 11 is 5.95. The van der Waals surface area contributed by atoms with Crippen LogP contribution in [0.25, 0.3) is 0 Å². The van der Waals surface area contributed by atoms with E-state index >= 15 is 0 Å². The Hall–Kier alpha value is -1.02. The molecule has 0 unspecified atom stereocenters. The largest absolute Gasteiger partial charge is 0.359 e. The van der Waals surface area contributed by atoms with E-state index in [1.807, 2.05) is 24.3 Å². The molecule has 0 aliphatic rings. The lowest BCUT2D eigenvalue weighted by Gasteiger charge is -2.02. The highest BCUT2D eigenvalue weighted by Gasteiger charge is 1.97. The molecule has 0 atom stereocenters. The Balaban J connectivity index is 2.36. The lowest BCUT2D eigenvalue weighted by Crippen LogP contribution is -2.12. The average molecular weight is 198 g/mol. The summed E-state index contributed by atoms with van der Waals surface area (Å²) in [6.07, 6.45) is 2.54. The molecule has 0 radical (unpaired) electrons. The van der Waals surface area contributed by atoms with Gasteiger partial charge in [-0.2, -0.15) is 0 Å². The zero-order chi connectivity index (χ0) is 9.52. The van der Waals surface area contributed by atoms with Crippen molar-refractivity contribution in [3.05, 3.63) is 34.9 Å². The number of halogens is 1. The Bertz CT molecular complexity index is 275. The van der Waals surface area contributed by atoms with Crippen molar-refractivity contribution in [2.24, 2.45) is 0 Å². The van der Waals surface area contributed by atoms with Crippen molar-refractivity contribution in [1.82, 2.24) is 5.32 Å². The van der Waals surface area contributed by atoms with Crippen molar-refractivity contribution in [2.45, 2.75) is 12.8 Å². The van der Waals surface area contributed by atoms with Crippen molar-refractivity contribution in [1.29, 1.82) is 0 Å². The van der Waals surface area contributed by atoms with Gasteiger partial charge in [0, 0.05) is 11.6 Å². The van der Waals surface area contributed by atoms with Gasteiger partial charge in [0.1, 0.15) is 0 Å². The molecular weight excluding hydrogens is 186 g/mol. The topological polar surface area (TPSA) is 29.1 Å². The van der Waals surface area contributed by atoms with Gasteiger partial charge in [0.15, 0.2) is 0 Å². The number of hydrogen-bond donors (Lipinski definition) is 1. The first-order chi connectivity index (χ1) is 6.34. The van der Waals surface area contributed by atoms with Crippen molar-refractivity contribution < 1.29 is 4.79 Å². The number of aryl methyl sites for hydroxylation is 1. The molecule has 70 valence electrons. The number of rotatable bonds is 5. The van der Waals surface area contributed by atoms with Gasteiger partial charge in [-0.15, -0.1) is 0 Å². The molecular formula is C10H12ClNO. The Morgan fingerprint density at radius 3 is 2.85 bits per heavy atom. The fraction of sp³-hybridized carbons (Fsp3) is 0.300. The van der Waals surface area contributed by atoms with Gasteiger partial charge in [-0.05, 0) is 24.5 Å². The predicted octanol–water partition coefficient (Wildman–Crippen LogP) is 2.02. The second-order valence-electron chi connectivity index (χ2n) is 2.77. The monoisotopic (exact) mass is 197 g/mol. The van der Waals surface area contributed by atoms with Crippen LogP contribution in [0.1, 0.15) is 12.0 Å². The Labute approximate surface area is 82.9 Å². The van der Waals surface area contributed by atoms with Crippen molar-refractivity contribution >= 4 is 18.0 Å². The molecule has 0 saturated heterocycles. The molecule has 0 heterocycles. The summed E-state index contributed by atoms with van der Waals surface area (Å²) in [5.74, 6) is 0. The lowest BCUT2D eigenvalue weighted by atomic mass is 10.1.